The zero-order valence-electron chi connectivity index (χ0n) is 10.0. The van der Waals surface area contributed by atoms with Gasteiger partial charge >= 0.3 is 0 Å². The molecule has 1 fully saturated rings. The van der Waals surface area contributed by atoms with Crippen molar-refractivity contribution in [2.24, 2.45) is 5.92 Å². The molecule has 1 aliphatic rings. The first-order valence-electron chi connectivity index (χ1n) is 6.03. The van der Waals surface area contributed by atoms with Crippen LogP contribution in [0.3, 0.4) is 0 Å². The molecule has 0 heterocycles. The molecule has 0 N–H and O–H groups in total. The highest BCUT2D eigenvalue weighted by atomic mass is 19.1. The molecule has 0 unspecified atom stereocenters. The van der Waals surface area contributed by atoms with Crippen molar-refractivity contribution in [3.8, 4) is 5.75 Å². The van der Waals surface area contributed by atoms with Gasteiger partial charge in [-0.25, -0.2) is 4.39 Å². The Bertz CT molecular complexity index is 411. The average molecular weight is 236 g/mol. The summed E-state index contributed by atoms with van der Waals surface area (Å²) in [5.41, 5.74) is 0.439. The fourth-order valence-corrected chi connectivity index (χ4v) is 2.15. The van der Waals surface area contributed by atoms with Crippen LogP contribution >= 0.6 is 0 Å². The number of carbonyl (C=O) groups excluding carboxylic acids is 1. The van der Waals surface area contributed by atoms with Crippen LogP contribution in [0, 0.1) is 11.7 Å². The number of rotatable bonds is 5. The van der Waals surface area contributed by atoms with E-state index in [1.165, 1.54) is 13.5 Å². The van der Waals surface area contributed by atoms with Gasteiger partial charge in [0.05, 0.1) is 7.11 Å². The van der Waals surface area contributed by atoms with Crippen LogP contribution in [0.5, 0.6) is 5.75 Å². The maximum Gasteiger partial charge on any atom is 0.168 e. The molecule has 0 radical (unpaired) electrons. The number of halogens is 1. The van der Waals surface area contributed by atoms with E-state index in [0.29, 0.717) is 17.9 Å². The molecule has 2 rings (SSSR count). The fourth-order valence-electron chi connectivity index (χ4n) is 2.15. The van der Waals surface area contributed by atoms with Gasteiger partial charge in [-0.3, -0.25) is 4.79 Å². The van der Waals surface area contributed by atoms with Gasteiger partial charge in [-0.2, -0.15) is 0 Å². The van der Waals surface area contributed by atoms with E-state index in [-0.39, 0.29) is 18.0 Å². The summed E-state index contributed by atoms with van der Waals surface area (Å²) in [4.78, 5) is 11.8. The van der Waals surface area contributed by atoms with Gasteiger partial charge in [-0.15, -0.1) is 0 Å². The monoisotopic (exact) mass is 236 g/mol. The predicted octanol–water partition coefficient (Wildman–Crippen LogP) is 3.14. The lowest BCUT2D eigenvalue weighted by Gasteiger charge is -2.24. The molecule has 92 valence electrons. The SMILES string of the molecule is COc1cccc(CC(=O)CC2CCC2)c1F. The molecule has 17 heavy (non-hydrogen) atoms. The summed E-state index contributed by atoms with van der Waals surface area (Å²) in [5.74, 6) is 0.467. The van der Waals surface area contributed by atoms with Gasteiger partial charge in [0, 0.05) is 12.8 Å². The summed E-state index contributed by atoms with van der Waals surface area (Å²) in [6.07, 6.45) is 4.29. The second-order valence-electron chi connectivity index (χ2n) is 4.65. The summed E-state index contributed by atoms with van der Waals surface area (Å²) in [7, 11) is 1.43. The van der Waals surface area contributed by atoms with Crippen molar-refractivity contribution in [3.05, 3.63) is 29.6 Å². The van der Waals surface area contributed by atoms with Crippen LogP contribution in [-0.4, -0.2) is 12.9 Å². The van der Waals surface area contributed by atoms with Crippen molar-refractivity contribution in [2.45, 2.75) is 32.1 Å². The topological polar surface area (TPSA) is 26.3 Å². The van der Waals surface area contributed by atoms with Crippen molar-refractivity contribution >= 4 is 5.78 Å². The Labute approximate surface area is 101 Å². The highest BCUT2D eigenvalue weighted by Gasteiger charge is 2.21. The van der Waals surface area contributed by atoms with Gasteiger partial charge in [0.2, 0.25) is 0 Å². The predicted molar refractivity (Wildman–Crippen MR) is 63.6 cm³/mol. The lowest BCUT2D eigenvalue weighted by molar-refractivity contribution is -0.119. The van der Waals surface area contributed by atoms with Gasteiger partial charge in [0.1, 0.15) is 5.78 Å². The smallest absolute Gasteiger partial charge is 0.168 e. The number of methoxy groups -OCH3 is 1. The van der Waals surface area contributed by atoms with Crippen LogP contribution in [0.2, 0.25) is 0 Å². The maximum atomic E-state index is 13.8. The number of Topliss-reactive ketones (excluding diaryl/α,β-unsaturated/α-hetero) is 1. The Morgan fingerprint density at radius 1 is 1.47 bits per heavy atom. The van der Waals surface area contributed by atoms with Gasteiger partial charge in [0.15, 0.2) is 11.6 Å². The van der Waals surface area contributed by atoms with Gasteiger partial charge in [-0.05, 0) is 17.5 Å². The van der Waals surface area contributed by atoms with Crippen molar-refractivity contribution in [2.75, 3.05) is 7.11 Å². The first-order chi connectivity index (χ1) is 8.20. The molecule has 3 heteroatoms. The standard InChI is InChI=1S/C14H17FO2/c1-17-13-7-3-6-11(14(13)15)9-12(16)8-10-4-2-5-10/h3,6-7,10H,2,4-5,8-9H2,1H3. The Balaban J connectivity index is 1.99. The van der Waals surface area contributed by atoms with Crippen molar-refractivity contribution in [3.63, 3.8) is 0 Å². The molecular formula is C14H17FO2. The van der Waals surface area contributed by atoms with E-state index >= 15 is 0 Å². The third kappa shape index (κ3) is 2.84. The Morgan fingerprint density at radius 3 is 2.82 bits per heavy atom. The van der Waals surface area contributed by atoms with Crippen LogP contribution in [0.1, 0.15) is 31.2 Å². The highest BCUT2D eigenvalue weighted by molar-refractivity contribution is 5.81. The average Bonchev–Trinajstić information content (AvgIpc) is 2.27. The van der Waals surface area contributed by atoms with Crippen LogP contribution in [-0.2, 0) is 11.2 Å². The van der Waals surface area contributed by atoms with Crippen LogP contribution in [0.25, 0.3) is 0 Å². The largest absolute Gasteiger partial charge is 0.494 e. The number of hydrogen-bond acceptors (Lipinski definition) is 2. The molecule has 2 nitrogen and oxygen atoms in total. The summed E-state index contributed by atoms with van der Waals surface area (Å²) in [6.45, 7) is 0. The Hall–Kier alpha value is -1.38. The molecule has 0 aliphatic heterocycles. The summed E-state index contributed by atoms with van der Waals surface area (Å²) < 4.78 is 18.7. The van der Waals surface area contributed by atoms with Gasteiger partial charge < -0.3 is 4.74 Å². The minimum Gasteiger partial charge on any atom is -0.494 e. The van der Waals surface area contributed by atoms with Crippen LogP contribution in [0.4, 0.5) is 4.39 Å². The molecule has 1 saturated carbocycles. The Morgan fingerprint density at radius 2 is 2.24 bits per heavy atom. The van der Waals surface area contributed by atoms with E-state index in [1.54, 1.807) is 18.2 Å². The molecule has 0 atom stereocenters. The third-order valence-electron chi connectivity index (χ3n) is 3.39. The normalized spacial score (nSPS) is 15.4. The zero-order valence-corrected chi connectivity index (χ0v) is 10.0. The molecule has 0 saturated heterocycles. The van der Waals surface area contributed by atoms with E-state index in [9.17, 15) is 9.18 Å². The van der Waals surface area contributed by atoms with E-state index < -0.39 is 5.82 Å². The molecular weight excluding hydrogens is 219 g/mol. The molecule has 0 amide bonds. The number of ether oxygens (including phenoxy) is 1. The molecule has 1 aromatic carbocycles. The minimum absolute atomic E-state index is 0.127. The molecule has 0 aromatic heterocycles. The second kappa shape index (κ2) is 5.30. The minimum atomic E-state index is -0.406. The van der Waals surface area contributed by atoms with Crippen LogP contribution < -0.4 is 4.74 Å². The molecule has 1 aromatic rings. The second-order valence-corrected chi connectivity index (χ2v) is 4.65. The highest BCUT2D eigenvalue weighted by Crippen LogP contribution is 2.30. The van der Waals surface area contributed by atoms with Crippen molar-refractivity contribution < 1.29 is 13.9 Å². The zero-order chi connectivity index (χ0) is 12.3. The third-order valence-corrected chi connectivity index (χ3v) is 3.39. The first kappa shape index (κ1) is 12.1. The molecule has 0 bridgehead atoms. The molecule has 0 spiro atoms. The quantitative estimate of drug-likeness (QED) is 0.785. The lowest BCUT2D eigenvalue weighted by atomic mass is 9.81. The van der Waals surface area contributed by atoms with E-state index in [1.807, 2.05) is 0 Å². The van der Waals surface area contributed by atoms with E-state index in [4.69, 9.17) is 4.74 Å². The molecule has 1 aliphatic carbocycles. The van der Waals surface area contributed by atoms with E-state index in [0.717, 1.165) is 12.8 Å². The van der Waals surface area contributed by atoms with Crippen molar-refractivity contribution in [1.29, 1.82) is 0 Å². The fraction of sp³-hybridized carbons (Fsp3) is 0.500. The van der Waals surface area contributed by atoms with Crippen LogP contribution in [0.15, 0.2) is 18.2 Å². The number of ketones is 1. The van der Waals surface area contributed by atoms with Gasteiger partial charge in [-0.1, -0.05) is 31.4 Å². The number of hydrogen-bond donors (Lipinski definition) is 0. The van der Waals surface area contributed by atoms with Crippen molar-refractivity contribution in [1.82, 2.24) is 0 Å². The number of carbonyl (C=O) groups is 1. The van der Waals surface area contributed by atoms with E-state index in [2.05, 4.69) is 0 Å². The summed E-state index contributed by atoms with van der Waals surface area (Å²) >= 11 is 0. The first-order valence-corrected chi connectivity index (χ1v) is 6.03. The Kier molecular flexibility index (Phi) is 3.77. The summed E-state index contributed by atoms with van der Waals surface area (Å²) in [5, 5.41) is 0. The lowest BCUT2D eigenvalue weighted by Crippen LogP contribution is -2.17. The summed E-state index contributed by atoms with van der Waals surface area (Å²) in [6, 6.07) is 4.93. The number of benzene rings is 1. The maximum absolute atomic E-state index is 13.8. The van der Waals surface area contributed by atoms with Gasteiger partial charge in [0.25, 0.3) is 0 Å².